The van der Waals surface area contributed by atoms with Gasteiger partial charge in [0, 0.05) is 16.9 Å². The number of esters is 1. The summed E-state index contributed by atoms with van der Waals surface area (Å²) < 4.78 is 33.3. The topological polar surface area (TPSA) is 102 Å². The highest BCUT2D eigenvalue weighted by Crippen LogP contribution is 2.24. The summed E-state index contributed by atoms with van der Waals surface area (Å²) >= 11 is 0. The molecule has 0 aliphatic heterocycles. The molecule has 0 saturated carbocycles. The van der Waals surface area contributed by atoms with E-state index in [-0.39, 0.29) is 10.5 Å². The highest BCUT2D eigenvalue weighted by Gasteiger charge is 2.20. The van der Waals surface area contributed by atoms with Gasteiger partial charge in [0.2, 0.25) is 0 Å². The van der Waals surface area contributed by atoms with Crippen molar-refractivity contribution in [1.29, 1.82) is 0 Å². The normalized spacial score (nSPS) is 11.0. The number of ether oxygens (including phenoxy) is 1. The van der Waals surface area contributed by atoms with E-state index in [2.05, 4.69) is 10.0 Å². The lowest BCUT2D eigenvalue weighted by Crippen LogP contribution is -2.18. The fraction of sp³-hybridized carbons (Fsp3) is 0.167. The fourth-order valence-electron chi connectivity index (χ4n) is 3.25. The predicted octanol–water partition coefficient (Wildman–Crippen LogP) is 4.45. The molecule has 1 amide bonds. The highest BCUT2D eigenvalue weighted by atomic mass is 32.2. The Labute approximate surface area is 187 Å². The van der Waals surface area contributed by atoms with Gasteiger partial charge in [-0.3, -0.25) is 9.52 Å². The van der Waals surface area contributed by atoms with Crippen LogP contribution in [0, 0.1) is 20.8 Å². The van der Waals surface area contributed by atoms with E-state index >= 15 is 0 Å². The van der Waals surface area contributed by atoms with Crippen LogP contribution >= 0.6 is 0 Å². The second-order valence-corrected chi connectivity index (χ2v) is 9.03. The number of hydrogen-bond acceptors (Lipinski definition) is 5. The number of carbonyl (C=O) groups is 2. The molecule has 2 N–H and O–H groups in total. The summed E-state index contributed by atoms with van der Waals surface area (Å²) in [4.78, 5) is 24.8. The van der Waals surface area contributed by atoms with E-state index in [1.54, 1.807) is 62.4 Å². The summed E-state index contributed by atoms with van der Waals surface area (Å²) in [5, 5.41) is 2.74. The molecule has 0 fully saturated rings. The second kappa shape index (κ2) is 9.23. The van der Waals surface area contributed by atoms with E-state index in [1.165, 1.54) is 13.2 Å². The second-order valence-electron chi connectivity index (χ2n) is 7.38. The number of anilines is 2. The minimum atomic E-state index is -3.91. The van der Waals surface area contributed by atoms with Gasteiger partial charge in [-0.25, -0.2) is 13.2 Å². The monoisotopic (exact) mass is 452 g/mol. The van der Waals surface area contributed by atoms with Gasteiger partial charge >= 0.3 is 5.97 Å². The van der Waals surface area contributed by atoms with Crippen LogP contribution in [-0.4, -0.2) is 27.4 Å². The molecule has 0 saturated heterocycles. The number of aryl methyl sites for hydroxylation is 2. The average Bonchev–Trinajstić information content (AvgIpc) is 2.74. The Morgan fingerprint density at radius 2 is 1.62 bits per heavy atom. The molecule has 8 heteroatoms. The summed E-state index contributed by atoms with van der Waals surface area (Å²) in [7, 11) is -2.63. The maximum Gasteiger partial charge on any atom is 0.338 e. The van der Waals surface area contributed by atoms with E-state index in [9.17, 15) is 18.0 Å². The molecule has 0 aliphatic carbocycles. The molecular formula is C24H24N2O5S. The largest absolute Gasteiger partial charge is 0.465 e. The lowest BCUT2D eigenvalue weighted by molar-refractivity contribution is 0.0599. The SMILES string of the molecule is COC(=O)c1cccc(NC(=O)c2ccc(C)c(S(=O)(=O)Nc3cccc(C)c3)c2)c1C. The Hall–Kier alpha value is -3.65. The lowest BCUT2D eigenvalue weighted by atomic mass is 10.1. The number of rotatable bonds is 6. The van der Waals surface area contributed by atoms with Crippen molar-refractivity contribution in [2.75, 3.05) is 17.1 Å². The van der Waals surface area contributed by atoms with Gasteiger partial charge in [0.1, 0.15) is 0 Å². The van der Waals surface area contributed by atoms with Crippen LogP contribution in [0.1, 0.15) is 37.4 Å². The van der Waals surface area contributed by atoms with Crippen LogP contribution in [0.4, 0.5) is 11.4 Å². The highest BCUT2D eigenvalue weighted by molar-refractivity contribution is 7.92. The summed E-state index contributed by atoms with van der Waals surface area (Å²) in [6.07, 6.45) is 0. The van der Waals surface area contributed by atoms with E-state index in [0.717, 1.165) is 5.56 Å². The molecule has 166 valence electrons. The number of carbonyl (C=O) groups excluding carboxylic acids is 2. The Morgan fingerprint density at radius 1 is 0.906 bits per heavy atom. The molecule has 0 aromatic heterocycles. The number of benzene rings is 3. The van der Waals surface area contributed by atoms with Crippen molar-refractivity contribution in [2.24, 2.45) is 0 Å². The van der Waals surface area contributed by atoms with Crippen LogP contribution in [0.5, 0.6) is 0 Å². The zero-order chi connectivity index (χ0) is 23.5. The molecule has 0 aliphatic rings. The van der Waals surface area contributed by atoms with Gasteiger partial charge in [-0.15, -0.1) is 0 Å². The van der Waals surface area contributed by atoms with Crippen LogP contribution in [-0.2, 0) is 14.8 Å². The van der Waals surface area contributed by atoms with Crippen molar-refractivity contribution in [3.8, 4) is 0 Å². The Morgan fingerprint density at radius 3 is 2.31 bits per heavy atom. The molecule has 32 heavy (non-hydrogen) atoms. The first kappa shape index (κ1) is 23.0. The first-order chi connectivity index (χ1) is 15.1. The van der Waals surface area contributed by atoms with Gasteiger partial charge in [0.15, 0.2) is 0 Å². The van der Waals surface area contributed by atoms with Gasteiger partial charge in [0.05, 0.1) is 17.6 Å². The fourth-order valence-corrected chi connectivity index (χ4v) is 4.57. The third kappa shape index (κ3) is 4.97. The number of hydrogen-bond donors (Lipinski definition) is 2. The Bertz CT molecular complexity index is 1300. The average molecular weight is 453 g/mol. The van der Waals surface area contributed by atoms with E-state index < -0.39 is 21.9 Å². The summed E-state index contributed by atoms with van der Waals surface area (Å²) in [6.45, 7) is 5.22. The maximum absolute atomic E-state index is 13.0. The van der Waals surface area contributed by atoms with Crippen molar-refractivity contribution in [3.63, 3.8) is 0 Å². The van der Waals surface area contributed by atoms with Crippen molar-refractivity contribution < 1.29 is 22.7 Å². The van der Waals surface area contributed by atoms with Gasteiger partial charge < -0.3 is 10.1 Å². The molecule has 3 aromatic carbocycles. The number of sulfonamides is 1. The third-order valence-electron chi connectivity index (χ3n) is 5.00. The summed E-state index contributed by atoms with van der Waals surface area (Å²) in [6, 6.07) is 16.4. The van der Waals surface area contributed by atoms with Crippen molar-refractivity contribution in [3.05, 3.63) is 88.5 Å². The van der Waals surface area contributed by atoms with Gasteiger partial charge in [-0.1, -0.05) is 24.3 Å². The summed E-state index contributed by atoms with van der Waals surface area (Å²) in [5.74, 6) is -1.01. The van der Waals surface area contributed by atoms with Gasteiger partial charge in [0.25, 0.3) is 15.9 Å². The van der Waals surface area contributed by atoms with E-state index in [0.29, 0.717) is 28.1 Å². The Kier molecular flexibility index (Phi) is 6.64. The molecule has 0 atom stereocenters. The minimum absolute atomic E-state index is 0.00619. The van der Waals surface area contributed by atoms with E-state index in [1.807, 2.05) is 13.0 Å². The van der Waals surface area contributed by atoms with Crippen LogP contribution in [0.2, 0.25) is 0 Å². The minimum Gasteiger partial charge on any atom is -0.465 e. The van der Waals surface area contributed by atoms with Crippen molar-refractivity contribution in [1.82, 2.24) is 0 Å². The first-order valence-electron chi connectivity index (χ1n) is 9.82. The number of methoxy groups -OCH3 is 1. The van der Waals surface area contributed by atoms with Crippen molar-refractivity contribution >= 4 is 33.3 Å². The molecular weight excluding hydrogens is 428 g/mol. The molecule has 0 unspecified atom stereocenters. The van der Waals surface area contributed by atoms with Crippen LogP contribution in [0.25, 0.3) is 0 Å². The molecule has 7 nitrogen and oxygen atoms in total. The maximum atomic E-state index is 13.0. The number of nitrogens with one attached hydrogen (secondary N) is 2. The molecule has 0 bridgehead atoms. The van der Waals surface area contributed by atoms with Crippen molar-refractivity contribution in [2.45, 2.75) is 25.7 Å². The molecule has 3 aromatic rings. The van der Waals surface area contributed by atoms with Crippen LogP contribution in [0.15, 0.2) is 65.6 Å². The van der Waals surface area contributed by atoms with Crippen LogP contribution in [0.3, 0.4) is 0 Å². The van der Waals surface area contributed by atoms with Crippen LogP contribution < -0.4 is 10.0 Å². The smallest absolute Gasteiger partial charge is 0.338 e. The van der Waals surface area contributed by atoms with Gasteiger partial charge in [-0.2, -0.15) is 0 Å². The van der Waals surface area contributed by atoms with E-state index in [4.69, 9.17) is 4.74 Å². The molecule has 0 heterocycles. The first-order valence-corrected chi connectivity index (χ1v) is 11.3. The standard InChI is InChI=1S/C24H24N2O5S/c1-15-7-5-8-19(13-15)26-32(29,30)22-14-18(12-11-16(22)2)23(27)25-21-10-6-9-20(17(21)3)24(28)31-4/h5-14,26H,1-4H3,(H,25,27). The molecule has 0 radical (unpaired) electrons. The molecule has 0 spiro atoms. The zero-order valence-corrected chi connectivity index (χ0v) is 19.0. The zero-order valence-electron chi connectivity index (χ0n) is 18.2. The summed E-state index contributed by atoms with van der Waals surface area (Å²) in [5.41, 5.74) is 3.34. The number of amides is 1. The quantitative estimate of drug-likeness (QED) is 0.538. The molecule has 3 rings (SSSR count). The van der Waals surface area contributed by atoms with Gasteiger partial charge in [-0.05, 0) is 73.9 Å². The predicted molar refractivity (Wildman–Crippen MR) is 124 cm³/mol. The third-order valence-corrected chi connectivity index (χ3v) is 6.52. The Balaban J connectivity index is 1.90. The lowest BCUT2D eigenvalue weighted by Gasteiger charge is -2.14.